The summed E-state index contributed by atoms with van der Waals surface area (Å²) >= 11 is 0. The van der Waals surface area contributed by atoms with Crippen LogP contribution in [0, 0.1) is 0 Å². The highest BCUT2D eigenvalue weighted by Crippen LogP contribution is 2.10. The van der Waals surface area contributed by atoms with Crippen LogP contribution in [0.3, 0.4) is 0 Å². The maximum Gasteiger partial charge on any atom is 0.191 e. The maximum absolute atomic E-state index is 5.72. The van der Waals surface area contributed by atoms with Gasteiger partial charge in [-0.1, -0.05) is 30.3 Å². The van der Waals surface area contributed by atoms with Crippen molar-refractivity contribution < 1.29 is 9.47 Å². The van der Waals surface area contributed by atoms with E-state index in [0.29, 0.717) is 25.8 Å². The molecular weight excluding hydrogens is 340 g/mol. The largest absolute Gasteiger partial charge is 0.385 e. The Morgan fingerprint density at radius 3 is 2.67 bits per heavy atom. The maximum atomic E-state index is 5.72. The van der Waals surface area contributed by atoms with E-state index >= 15 is 0 Å². The van der Waals surface area contributed by atoms with Crippen LogP contribution < -0.4 is 10.6 Å². The van der Waals surface area contributed by atoms with Gasteiger partial charge in [-0.05, 0) is 31.7 Å². The third-order valence-corrected chi connectivity index (χ3v) is 4.71. The Hall–Kier alpha value is -1.63. The van der Waals surface area contributed by atoms with Crippen molar-refractivity contribution in [1.82, 2.24) is 15.5 Å². The van der Waals surface area contributed by atoms with Crippen LogP contribution in [0.25, 0.3) is 0 Å². The second-order valence-electron chi connectivity index (χ2n) is 6.91. The first-order valence-corrected chi connectivity index (χ1v) is 10.2. The highest BCUT2D eigenvalue weighted by molar-refractivity contribution is 5.80. The molecule has 0 aromatic heterocycles. The van der Waals surface area contributed by atoms with Crippen molar-refractivity contribution in [2.24, 2.45) is 4.99 Å². The first kappa shape index (κ1) is 21.7. The summed E-state index contributed by atoms with van der Waals surface area (Å²) in [6.07, 6.45) is 3.42. The molecule has 2 N–H and O–H groups in total. The fraction of sp³-hybridized carbons (Fsp3) is 0.667. The van der Waals surface area contributed by atoms with E-state index in [0.717, 1.165) is 58.0 Å². The van der Waals surface area contributed by atoms with E-state index in [-0.39, 0.29) is 0 Å². The van der Waals surface area contributed by atoms with Crippen LogP contribution in [0.4, 0.5) is 0 Å². The molecule has 1 aromatic rings. The lowest BCUT2D eigenvalue weighted by Crippen LogP contribution is -2.49. The molecule has 0 spiro atoms. The van der Waals surface area contributed by atoms with Gasteiger partial charge in [0.05, 0.1) is 19.8 Å². The van der Waals surface area contributed by atoms with Gasteiger partial charge in [0.25, 0.3) is 0 Å². The molecule has 27 heavy (non-hydrogen) atoms. The van der Waals surface area contributed by atoms with Crippen LogP contribution in [0.15, 0.2) is 35.3 Å². The van der Waals surface area contributed by atoms with Crippen molar-refractivity contribution in [1.29, 1.82) is 0 Å². The Bertz CT molecular complexity index is 516. The molecule has 1 aliphatic rings. The van der Waals surface area contributed by atoms with Crippen molar-refractivity contribution in [2.75, 3.05) is 53.0 Å². The molecule has 1 aromatic carbocycles. The second kappa shape index (κ2) is 13.5. The Labute approximate surface area is 164 Å². The molecule has 1 saturated heterocycles. The average molecular weight is 377 g/mol. The molecule has 1 aliphatic heterocycles. The summed E-state index contributed by atoms with van der Waals surface area (Å²) in [5.41, 5.74) is 1.20. The topological polar surface area (TPSA) is 58.1 Å². The summed E-state index contributed by atoms with van der Waals surface area (Å²) < 4.78 is 10.9. The monoisotopic (exact) mass is 376 g/mol. The molecule has 0 unspecified atom stereocenters. The van der Waals surface area contributed by atoms with Crippen molar-refractivity contribution in [3.8, 4) is 0 Å². The van der Waals surface area contributed by atoms with E-state index in [2.05, 4.69) is 39.6 Å². The molecule has 0 amide bonds. The van der Waals surface area contributed by atoms with Crippen molar-refractivity contribution >= 4 is 5.96 Å². The van der Waals surface area contributed by atoms with Gasteiger partial charge >= 0.3 is 0 Å². The standard InChI is InChI=1S/C21H36N4O2/c1-3-22-21(23-12-17-27-18-19-8-5-4-6-9-19)24-20-10-14-25(15-11-20)13-7-16-26-2/h4-6,8-9,20H,3,7,10-18H2,1-2H3,(H2,22,23,24). The fourth-order valence-corrected chi connectivity index (χ4v) is 3.23. The third kappa shape index (κ3) is 9.22. The van der Waals surface area contributed by atoms with Gasteiger partial charge in [0.15, 0.2) is 5.96 Å². The molecular formula is C21H36N4O2. The number of guanidine groups is 1. The lowest BCUT2D eigenvalue weighted by atomic mass is 10.1. The zero-order valence-corrected chi connectivity index (χ0v) is 17.0. The Balaban J connectivity index is 1.64. The molecule has 152 valence electrons. The van der Waals surface area contributed by atoms with Crippen LogP contribution in [-0.2, 0) is 16.1 Å². The number of benzene rings is 1. The van der Waals surface area contributed by atoms with E-state index in [1.54, 1.807) is 7.11 Å². The molecule has 0 bridgehead atoms. The number of likely N-dealkylation sites (tertiary alicyclic amines) is 1. The summed E-state index contributed by atoms with van der Waals surface area (Å²) in [6, 6.07) is 10.7. The van der Waals surface area contributed by atoms with Gasteiger partial charge < -0.3 is 25.0 Å². The molecule has 2 rings (SSSR count). The number of piperidine rings is 1. The Kier molecular flexibility index (Phi) is 10.9. The molecule has 0 aliphatic carbocycles. The minimum Gasteiger partial charge on any atom is -0.385 e. The van der Waals surface area contributed by atoms with E-state index in [4.69, 9.17) is 9.47 Å². The third-order valence-electron chi connectivity index (χ3n) is 4.71. The molecule has 0 atom stereocenters. The normalized spacial score (nSPS) is 16.4. The van der Waals surface area contributed by atoms with Gasteiger partial charge in [0.2, 0.25) is 0 Å². The summed E-state index contributed by atoms with van der Waals surface area (Å²) in [6.45, 7) is 9.16. The number of aliphatic imine (C=N–C) groups is 1. The zero-order valence-electron chi connectivity index (χ0n) is 17.0. The number of nitrogens with zero attached hydrogens (tertiary/aromatic N) is 2. The highest BCUT2D eigenvalue weighted by atomic mass is 16.5. The molecule has 1 fully saturated rings. The van der Waals surface area contributed by atoms with E-state index in [1.165, 1.54) is 5.56 Å². The van der Waals surface area contributed by atoms with Gasteiger partial charge in [0, 0.05) is 45.9 Å². The number of rotatable bonds is 11. The number of methoxy groups -OCH3 is 1. The van der Waals surface area contributed by atoms with Gasteiger partial charge in [-0.25, -0.2) is 0 Å². The van der Waals surface area contributed by atoms with Gasteiger partial charge in [-0.15, -0.1) is 0 Å². The number of nitrogens with one attached hydrogen (secondary N) is 2. The van der Waals surface area contributed by atoms with Crippen molar-refractivity contribution in [2.45, 2.75) is 38.8 Å². The number of hydrogen-bond acceptors (Lipinski definition) is 4. The summed E-state index contributed by atoms with van der Waals surface area (Å²) in [5, 5.41) is 6.93. The molecule has 6 nitrogen and oxygen atoms in total. The van der Waals surface area contributed by atoms with Gasteiger partial charge in [0.1, 0.15) is 0 Å². The van der Waals surface area contributed by atoms with Crippen LogP contribution >= 0.6 is 0 Å². The molecule has 1 heterocycles. The fourth-order valence-electron chi connectivity index (χ4n) is 3.23. The summed E-state index contributed by atoms with van der Waals surface area (Å²) in [7, 11) is 1.77. The van der Waals surface area contributed by atoms with E-state index < -0.39 is 0 Å². The van der Waals surface area contributed by atoms with Gasteiger partial charge in [-0.3, -0.25) is 4.99 Å². The molecule has 0 radical (unpaired) electrons. The summed E-state index contributed by atoms with van der Waals surface area (Å²) in [5.74, 6) is 0.902. The van der Waals surface area contributed by atoms with Crippen LogP contribution in [0.2, 0.25) is 0 Å². The quantitative estimate of drug-likeness (QED) is 0.352. The minimum atomic E-state index is 0.492. The van der Waals surface area contributed by atoms with Crippen LogP contribution in [-0.4, -0.2) is 69.9 Å². The predicted molar refractivity (Wildman–Crippen MR) is 111 cm³/mol. The molecule has 6 heteroatoms. The summed E-state index contributed by atoms with van der Waals surface area (Å²) in [4.78, 5) is 7.18. The minimum absolute atomic E-state index is 0.492. The van der Waals surface area contributed by atoms with E-state index in [9.17, 15) is 0 Å². The highest BCUT2D eigenvalue weighted by Gasteiger charge is 2.19. The predicted octanol–water partition coefficient (Wildman–Crippen LogP) is 2.26. The lowest BCUT2D eigenvalue weighted by molar-refractivity contribution is 0.128. The second-order valence-corrected chi connectivity index (χ2v) is 6.91. The number of ether oxygens (including phenoxy) is 2. The molecule has 0 saturated carbocycles. The van der Waals surface area contributed by atoms with Crippen LogP contribution in [0.5, 0.6) is 0 Å². The van der Waals surface area contributed by atoms with Crippen molar-refractivity contribution in [3.05, 3.63) is 35.9 Å². The first-order valence-electron chi connectivity index (χ1n) is 10.2. The SMILES string of the molecule is CCNC(=NCCOCc1ccccc1)NC1CCN(CCCOC)CC1. The van der Waals surface area contributed by atoms with E-state index in [1.807, 2.05) is 18.2 Å². The van der Waals surface area contributed by atoms with Gasteiger partial charge in [-0.2, -0.15) is 0 Å². The Morgan fingerprint density at radius 2 is 1.96 bits per heavy atom. The van der Waals surface area contributed by atoms with Crippen LogP contribution in [0.1, 0.15) is 31.7 Å². The zero-order chi connectivity index (χ0) is 19.2. The smallest absolute Gasteiger partial charge is 0.191 e. The Morgan fingerprint density at radius 1 is 1.19 bits per heavy atom. The van der Waals surface area contributed by atoms with Crippen molar-refractivity contribution in [3.63, 3.8) is 0 Å². The average Bonchev–Trinajstić information content (AvgIpc) is 2.70. The number of hydrogen-bond donors (Lipinski definition) is 2. The lowest BCUT2D eigenvalue weighted by Gasteiger charge is -2.33. The first-order chi connectivity index (χ1) is 13.3.